The van der Waals surface area contributed by atoms with Crippen molar-refractivity contribution in [3.05, 3.63) is 96.5 Å². The molecule has 4 rings (SSSR count). The maximum Gasteiger partial charge on any atom is 0.337 e. The predicted molar refractivity (Wildman–Crippen MR) is 136 cm³/mol. The topological polar surface area (TPSA) is 90.6 Å². The largest absolute Gasteiger partial charge is 0.459 e. The number of ether oxygens (including phenoxy) is 1. The Balaban J connectivity index is 1.87. The zero-order valence-corrected chi connectivity index (χ0v) is 20.9. The summed E-state index contributed by atoms with van der Waals surface area (Å²) in [6.45, 7) is 1.28. The first kappa shape index (κ1) is 24.4. The van der Waals surface area contributed by atoms with E-state index in [1.54, 1.807) is 45.3 Å². The Morgan fingerprint density at radius 2 is 1.69 bits per heavy atom. The van der Waals surface area contributed by atoms with Crippen molar-refractivity contribution in [3.63, 3.8) is 0 Å². The molecule has 8 nitrogen and oxygen atoms in total. The lowest BCUT2D eigenvalue weighted by atomic mass is 10.2. The molecule has 4 aromatic rings. The van der Waals surface area contributed by atoms with Crippen LogP contribution in [0.5, 0.6) is 0 Å². The number of thiophene rings is 1. The minimum absolute atomic E-state index is 0.0439. The number of nitrogens with zero attached hydrogens (tertiary/aromatic N) is 3. The van der Waals surface area contributed by atoms with Gasteiger partial charge in [0.1, 0.15) is 18.0 Å². The molecule has 35 heavy (non-hydrogen) atoms. The Kier molecular flexibility index (Phi) is 6.90. The van der Waals surface area contributed by atoms with Crippen molar-refractivity contribution in [2.75, 3.05) is 14.1 Å². The lowest BCUT2D eigenvalue weighted by Gasteiger charge is -2.12. The zero-order valence-electron chi connectivity index (χ0n) is 19.3. The molecule has 2 heterocycles. The number of rotatable bonds is 6. The minimum atomic E-state index is -0.716. The van der Waals surface area contributed by atoms with Crippen molar-refractivity contribution in [2.24, 2.45) is 0 Å². The summed E-state index contributed by atoms with van der Waals surface area (Å²) in [7, 11) is 3.21. The first-order chi connectivity index (χ1) is 16.7. The number of carbonyl (C=O) groups excluding carboxylic acids is 2. The molecular formula is C25H22ClN3O5S. The molecule has 0 radical (unpaired) electrons. The Labute approximate surface area is 209 Å². The molecule has 0 aliphatic carbocycles. The third kappa shape index (κ3) is 4.78. The van der Waals surface area contributed by atoms with Gasteiger partial charge in [-0.05, 0) is 42.3 Å². The van der Waals surface area contributed by atoms with Crippen LogP contribution in [0.15, 0.2) is 64.2 Å². The van der Waals surface area contributed by atoms with E-state index in [9.17, 15) is 19.2 Å². The molecule has 0 fully saturated rings. The summed E-state index contributed by atoms with van der Waals surface area (Å²) < 4.78 is 7.54. The summed E-state index contributed by atoms with van der Waals surface area (Å²) in [6.07, 6.45) is 0. The van der Waals surface area contributed by atoms with E-state index >= 15 is 0 Å². The predicted octanol–water partition coefficient (Wildman–Crippen LogP) is 3.62. The van der Waals surface area contributed by atoms with E-state index in [0.29, 0.717) is 21.2 Å². The van der Waals surface area contributed by atoms with E-state index in [4.69, 9.17) is 16.3 Å². The van der Waals surface area contributed by atoms with Gasteiger partial charge in [-0.3, -0.25) is 19.0 Å². The van der Waals surface area contributed by atoms with Gasteiger partial charge in [-0.25, -0.2) is 9.36 Å². The molecule has 2 aromatic carbocycles. The number of carbonyl (C=O) groups is 2. The van der Waals surface area contributed by atoms with Crippen LogP contribution in [0.2, 0.25) is 5.02 Å². The maximum absolute atomic E-state index is 13.5. The second-order valence-electron chi connectivity index (χ2n) is 8.07. The Morgan fingerprint density at radius 3 is 2.31 bits per heavy atom. The Morgan fingerprint density at radius 1 is 1.03 bits per heavy atom. The lowest BCUT2D eigenvalue weighted by Crippen LogP contribution is -2.40. The summed E-state index contributed by atoms with van der Waals surface area (Å²) in [4.78, 5) is 54.5. The second-order valence-corrected chi connectivity index (χ2v) is 9.50. The van der Waals surface area contributed by atoms with Crippen LogP contribution in [0.3, 0.4) is 0 Å². The molecule has 0 spiro atoms. The smallest absolute Gasteiger partial charge is 0.337 e. The number of hydrogen-bond donors (Lipinski definition) is 0. The van der Waals surface area contributed by atoms with Crippen LogP contribution in [-0.2, 0) is 22.7 Å². The maximum atomic E-state index is 13.5. The number of amides is 1. The molecule has 0 bridgehead atoms. The molecule has 0 saturated carbocycles. The van der Waals surface area contributed by atoms with Crippen LogP contribution in [0.25, 0.3) is 15.9 Å². The zero-order chi connectivity index (χ0) is 25.3. The fourth-order valence-electron chi connectivity index (χ4n) is 3.62. The summed E-state index contributed by atoms with van der Waals surface area (Å²) in [5.41, 5.74) is 0.251. The van der Waals surface area contributed by atoms with Crippen molar-refractivity contribution >= 4 is 45.0 Å². The van der Waals surface area contributed by atoms with Gasteiger partial charge in [-0.2, -0.15) is 0 Å². The third-order valence-electron chi connectivity index (χ3n) is 5.43. The summed E-state index contributed by atoms with van der Waals surface area (Å²) in [5, 5.41) is 0.642. The molecule has 180 valence electrons. The quantitative estimate of drug-likeness (QED) is 0.369. The van der Waals surface area contributed by atoms with Gasteiger partial charge >= 0.3 is 11.7 Å². The molecular weight excluding hydrogens is 490 g/mol. The van der Waals surface area contributed by atoms with Crippen molar-refractivity contribution in [1.82, 2.24) is 14.0 Å². The van der Waals surface area contributed by atoms with E-state index in [1.165, 1.54) is 9.47 Å². The number of fused-ring (bicyclic) bond motifs is 1. The fourth-order valence-corrected chi connectivity index (χ4v) is 5.06. The van der Waals surface area contributed by atoms with E-state index in [-0.39, 0.29) is 22.7 Å². The van der Waals surface area contributed by atoms with Gasteiger partial charge in [0.05, 0.1) is 16.0 Å². The number of esters is 1. The molecule has 0 saturated heterocycles. The van der Waals surface area contributed by atoms with E-state index in [1.807, 2.05) is 30.3 Å². The SMILES string of the molecule is Cc1c(C(=O)N(C)C)sc2c1c(=O)n(-c1ccc(Cl)cc1)c(=O)n2CC(=O)OCc1ccccc1. The van der Waals surface area contributed by atoms with Crippen LogP contribution in [0.1, 0.15) is 20.8 Å². The number of aryl methyl sites for hydroxylation is 1. The van der Waals surface area contributed by atoms with Crippen LogP contribution < -0.4 is 11.2 Å². The van der Waals surface area contributed by atoms with Crippen LogP contribution in [-0.4, -0.2) is 40.0 Å². The monoisotopic (exact) mass is 511 g/mol. The van der Waals surface area contributed by atoms with Gasteiger partial charge in [0.25, 0.3) is 11.5 Å². The fraction of sp³-hybridized carbons (Fsp3) is 0.200. The standard InChI is InChI=1S/C25H22ClN3O5S/c1-15-20-22(31)29(18-11-9-17(26)10-12-18)25(33)28(24(20)35-21(15)23(32)27(2)3)13-19(30)34-14-16-7-5-4-6-8-16/h4-12H,13-14H2,1-3H3. The van der Waals surface area contributed by atoms with Crippen molar-refractivity contribution < 1.29 is 14.3 Å². The van der Waals surface area contributed by atoms with Crippen molar-refractivity contribution in [1.29, 1.82) is 0 Å². The first-order valence-corrected chi connectivity index (χ1v) is 11.8. The number of aromatic nitrogens is 2. The lowest BCUT2D eigenvalue weighted by molar-refractivity contribution is -0.145. The normalized spacial score (nSPS) is 11.0. The van der Waals surface area contributed by atoms with E-state index in [0.717, 1.165) is 21.5 Å². The van der Waals surface area contributed by atoms with Crippen LogP contribution >= 0.6 is 22.9 Å². The van der Waals surface area contributed by atoms with Gasteiger partial charge in [0.2, 0.25) is 0 Å². The number of hydrogen-bond acceptors (Lipinski definition) is 6. The second kappa shape index (κ2) is 9.89. The summed E-state index contributed by atoms with van der Waals surface area (Å²) in [6, 6.07) is 15.4. The molecule has 10 heteroatoms. The van der Waals surface area contributed by atoms with Crippen LogP contribution in [0.4, 0.5) is 0 Å². The highest BCUT2D eigenvalue weighted by Crippen LogP contribution is 2.29. The van der Waals surface area contributed by atoms with E-state index in [2.05, 4.69) is 0 Å². The van der Waals surface area contributed by atoms with Gasteiger partial charge in [0.15, 0.2) is 0 Å². The molecule has 0 unspecified atom stereocenters. The van der Waals surface area contributed by atoms with Gasteiger partial charge < -0.3 is 9.64 Å². The minimum Gasteiger partial charge on any atom is -0.459 e. The highest BCUT2D eigenvalue weighted by Gasteiger charge is 2.25. The highest BCUT2D eigenvalue weighted by atomic mass is 35.5. The average molecular weight is 512 g/mol. The third-order valence-corrected chi connectivity index (χ3v) is 6.98. The van der Waals surface area contributed by atoms with Crippen LogP contribution in [0, 0.1) is 6.92 Å². The Hall–Kier alpha value is -3.69. The molecule has 0 atom stereocenters. The van der Waals surface area contributed by atoms with E-state index < -0.39 is 23.8 Å². The van der Waals surface area contributed by atoms with Gasteiger partial charge in [-0.1, -0.05) is 41.9 Å². The van der Waals surface area contributed by atoms with Gasteiger partial charge in [-0.15, -0.1) is 11.3 Å². The molecule has 0 N–H and O–H groups in total. The summed E-state index contributed by atoms with van der Waals surface area (Å²) >= 11 is 6.99. The number of benzene rings is 2. The van der Waals surface area contributed by atoms with Crippen molar-refractivity contribution in [3.8, 4) is 5.69 Å². The van der Waals surface area contributed by atoms with Gasteiger partial charge in [0, 0.05) is 19.1 Å². The molecule has 2 aromatic heterocycles. The van der Waals surface area contributed by atoms with Crippen molar-refractivity contribution in [2.45, 2.75) is 20.1 Å². The molecule has 0 aliphatic heterocycles. The average Bonchev–Trinajstić information content (AvgIpc) is 3.19. The highest BCUT2D eigenvalue weighted by molar-refractivity contribution is 7.20. The molecule has 1 amide bonds. The number of halogens is 1. The Bertz CT molecular complexity index is 1540. The summed E-state index contributed by atoms with van der Waals surface area (Å²) in [5.74, 6) is -0.947. The first-order valence-electron chi connectivity index (χ1n) is 10.6. The molecule has 0 aliphatic rings.